The van der Waals surface area contributed by atoms with Crippen LogP contribution in [-0.2, 0) is 4.79 Å². The summed E-state index contributed by atoms with van der Waals surface area (Å²) in [7, 11) is 0. The highest BCUT2D eigenvalue weighted by Gasteiger charge is 2.24. The van der Waals surface area contributed by atoms with Crippen LogP contribution in [0.25, 0.3) is 0 Å². The number of rotatable bonds is 7. The highest BCUT2D eigenvalue weighted by molar-refractivity contribution is 5.85. The van der Waals surface area contributed by atoms with Gasteiger partial charge in [0.25, 0.3) is 0 Å². The van der Waals surface area contributed by atoms with Crippen molar-refractivity contribution >= 4 is 18.3 Å². The number of amides is 1. The van der Waals surface area contributed by atoms with Crippen LogP contribution >= 0.6 is 12.4 Å². The maximum atomic E-state index is 12.0. The fourth-order valence-corrected chi connectivity index (χ4v) is 2.90. The van der Waals surface area contributed by atoms with Crippen molar-refractivity contribution in [2.24, 2.45) is 11.7 Å². The average Bonchev–Trinajstić information content (AvgIpc) is 2.53. The van der Waals surface area contributed by atoms with E-state index in [4.69, 9.17) is 10.5 Å². The van der Waals surface area contributed by atoms with Crippen LogP contribution in [0, 0.1) is 5.92 Å². The Bertz CT molecular complexity index is 428. The molecule has 0 aromatic heterocycles. The Morgan fingerprint density at radius 3 is 2.68 bits per heavy atom. The molecule has 0 aliphatic heterocycles. The third-order valence-corrected chi connectivity index (χ3v) is 4.12. The summed E-state index contributed by atoms with van der Waals surface area (Å²) in [5.41, 5.74) is 5.78. The highest BCUT2D eigenvalue weighted by atomic mass is 35.5. The fourth-order valence-electron chi connectivity index (χ4n) is 2.90. The van der Waals surface area contributed by atoms with Gasteiger partial charge in [0.2, 0.25) is 5.91 Å². The van der Waals surface area contributed by atoms with E-state index < -0.39 is 0 Å². The molecule has 1 amide bonds. The SMILES string of the molecule is Cl.NCC1CCCCC1NC(=O)CCCOc1ccccc1. The number of benzene rings is 1. The first-order valence-electron chi connectivity index (χ1n) is 7.97. The zero-order valence-electron chi connectivity index (χ0n) is 13.0. The van der Waals surface area contributed by atoms with E-state index in [2.05, 4.69) is 5.32 Å². The molecular weight excluding hydrogens is 300 g/mol. The Morgan fingerprint density at radius 1 is 1.23 bits per heavy atom. The van der Waals surface area contributed by atoms with E-state index in [1.54, 1.807) is 0 Å². The second kappa shape index (κ2) is 10.5. The number of nitrogens with two attached hydrogens (primary N) is 1. The van der Waals surface area contributed by atoms with E-state index in [-0.39, 0.29) is 24.4 Å². The molecule has 4 nitrogen and oxygen atoms in total. The summed E-state index contributed by atoms with van der Waals surface area (Å²) in [6, 6.07) is 9.96. The van der Waals surface area contributed by atoms with Crippen molar-refractivity contribution in [2.75, 3.05) is 13.2 Å². The van der Waals surface area contributed by atoms with Gasteiger partial charge in [-0.05, 0) is 43.9 Å². The maximum Gasteiger partial charge on any atom is 0.220 e. The Morgan fingerprint density at radius 2 is 1.95 bits per heavy atom. The zero-order chi connectivity index (χ0) is 14.9. The van der Waals surface area contributed by atoms with Crippen molar-refractivity contribution in [1.82, 2.24) is 5.32 Å². The minimum absolute atomic E-state index is 0. The fraction of sp³-hybridized carbons (Fsp3) is 0.588. The number of carbonyl (C=O) groups is 1. The number of nitrogens with one attached hydrogen (secondary N) is 1. The van der Waals surface area contributed by atoms with Crippen molar-refractivity contribution in [1.29, 1.82) is 0 Å². The molecule has 2 unspecified atom stereocenters. The van der Waals surface area contributed by atoms with E-state index in [0.29, 0.717) is 25.5 Å². The summed E-state index contributed by atoms with van der Waals surface area (Å²) in [5.74, 6) is 1.42. The van der Waals surface area contributed by atoms with Gasteiger partial charge in [0, 0.05) is 12.5 Å². The summed E-state index contributed by atoms with van der Waals surface area (Å²) in [4.78, 5) is 12.0. The van der Waals surface area contributed by atoms with Crippen LogP contribution < -0.4 is 15.8 Å². The van der Waals surface area contributed by atoms with Gasteiger partial charge in [0.1, 0.15) is 5.75 Å². The molecule has 3 N–H and O–H groups in total. The first-order valence-corrected chi connectivity index (χ1v) is 7.97. The lowest BCUT2D eigenvalue weighted by Gasteiger charge is -2.31. The van der Waals surface area contributed by atoms with Gasteiger partial charge in [-0.1, -0.05) is 31.0 Å². The molecule has 0 saturated heterocycles. The van der Waals surface area contributed by atoms with E-state index in [1.807, 2.05) is 30.3 Å². The van der Waals surface area contributed by atoms with Crippen LogP contribution in [0.15, 0.2) is 30.3 Å². The molecule has 0 heterocycles. The van der Waals surface area contributed by atoms with Crippen molar-refractivity contribution in [2.45, 2.75) is 44.6 Å². The lowest BCUT2D eigenvalue weighted by molar-refractivity contribution is -0.122. The van der Waals surface area contributed by atoms with Gasteiger partial charge in [-0.25, -0.2) is 0 Å². The molecule has 1 aromatic rings. The summed E-state index contributed by atoms with van der Waals surface area (Å²) < 4.78 is 5.59. The van der Waals surface area contributed by atoms with E-state index in [1.165, 1.54) is 12.8 Å². The van der Waals surface area contributed by atoms with Gasteiger partial charge >= 0.3 is 0 Å². The standard InChI is InChI=1S/C17H26N2O2.ClH/c18-13-14-7-4-5-10-16(14)19-17(20)11-6-12-21-15-8-2-1-3-9-15;/h1-3,8-9,14,16H,4-7,10-13,18H2,(H,19,20);1H. The summed E-state index contributed by atoms with van der Waals surface area (Å²) >= 11 is 0. The lowest BCUT2D eigenvalue weighted by Crippen LogP contribution is -2.44. The minimum Gasteiger partial charge on any atom is -0.494 e. The molecule has 5 heteroatoms. The smallest absolute Gasteiger partial charge is 0.220 e. The van der Waals surface area contributed by atoms with Crippen LogP contribution in [-0.4, -0.2) is 25.1 Å². The summed E-state index contributed by atoms with van der Waals surface area (Å²) in [6.45, 7) is 1.24. The van der Waals surface area contributed by atoms with Crippen LogP contribution in [0.4, 0.5) is 0 Å². The summed E-state index contributed by atoms with van der Waals surface area (Å²) in [5, 5.41) is 3.14. The topological polar surface area (TPSA) is 64.3 Å². The van der Waals surface area contributed by atoms with Crippen molar-refractivity contribution in [3.63, 3.8) is 0 Å². The Balaban J connectivity index is 0.00000242. The molecule has 1 aliphatic carbocycles. The maximum absolute atomic E-state index is 12.0. The molecule has 1 aromatic carbocycles. The molecule has 0 radical (unpaired) electrons. The van der Waals surface area contributed by atoms with Crippen molar-refractivity contribution in [3.05, 3.63) is 30.3 Å². The van der Waals surface area contributed by atoms with Gasteiger partial charge in [-0.15, -0.1) is 12.4 Å². The van der Waals surface area contributed by atoms with Crippen LogP contribution in [0.1, 0.15) is 38.5 Å². The predicted octanol–water partition coefficient (Wildman–Crippen LogP) is 2.90. The number of hydrogen-bond acceptors (Lipinski definition) is 3. The normalized spacial score (nSPS) is 20.8. The Labute approximate surface area is 139 Å². The van der Waals surface area contributed by atoms with Gasteiger partial charge in [-0.2, -0.15) is 0 Å². The number of ether oxygens (including phenoxy) is 1. The molecule has 0 spiro atoms. The first kappa shape index (κ1) is 18.8. The second-order valence-corrected chi connectivity index (χ2v) is 5.72. The first-order chi connectivity index (χ1) is 10.3. The van der Waals surface area contributed by atoms with Gasteiger partial charge in [-0.3, -0.25) is 4.79 Å². The number of halogens is 1. The molecule has 2 rings (SSSR count). The zero-order valence-corrected chi connectivity index (χ0v) is 13.8. The highest BCUT2D eigenvalue weighted by Crippen LogP contribution is 2.23. The third-order valence-electron chi connectivity index (χ3n) is 4.12. The molecule has 2 atom stereocenters. The monoisotopic (exact) mass is 326 g/mol. The molecule has 1 saturated carbocycles. The van der Waals surface area contributed by atoms with Crippen molar-refractivity contribution in [3.8, 4) is 5.75 Å². The summed E-state index contributed by atoms with van der Waals surface area (Å²) in [6.07, 6.45) is 5.88. The van der Waals surface area contributed by atoms with Crippen LogP contribution in [0.2, 0.25) is 0 Å². The van der Waals surface area contributed by atoms with Gasteiger partial charge < -0.3 is 15.8 Å². The van der Waals surface area contributed by atoms with E-state index in [9.17, 15) is 4.79 Å². The third kappa shape index (κ3) is 6.24. The van der Waals surface area contributed by atoms with Crippen LogP contribution in [0.5, 0.6) is 5.75 Å². The predicted molar refractivity (Wildman–Crippen MR) is 91.4 cm³/mol. The quantitative estimate of drug-likeness (QED) is 0.757. The molecule has 1 fully saturated rings. The molecule has 1 aliphatic rings. The Hall–Kier alpha value is -1.26. The molecule has 124 valence electrons. The van der Waals surface area contributed by atoms with E-state index >= 15 is 0 Å². The van der Waals surface area contributed by atoms with Crippen LogP contribution in [0.3, 0.4) is 0 Å². The molecule has 0 bridgehead atoms. The minimum atomic E-state index is 0. The number of hydrogen-bond donors (Lipinski definition) is 2. The second-order valence-electron chi connectivity index (χ2n) is 5.72. The number of carbonyl (C=O) groups excluding carboxylic acids is 1. The average molecular weight is 327 g/mol. The number of para-hydroxylation sites is 1. The molecule has 22 heavy (non-hydrogen) atoms. The Kier molecular flexibility index (Phi) is 8.94. The lowest BCUT2D eigenvalue weighted by atomic mass is 9.84. The van der Waals surface area contributed by atoms with E-state index in [0.717, 1.165) is 25.0 Å². The van der Waals surface area contributed by atoms with Gasteiger partial charge in [0.05, 0.1) is 6.61 Å². The molecular formula is C17H27ClN2O2. The van der Waals surface area contributed by atoms with Gasteiger partial charge in [0.15, 0.2) is 0 Å². The largest absolute Gasteiger partial charge is 0.494 e. The van der Waals surface area contributed by atoms with Crippen molar-refractivity contribution < 1.29 is 9.53 Å².